The molecule has 0 spiro atoms. The van der Waals surface area contributed by atoms with Gasteiger partial charge in [-0.25, -0.2) is 0 Å². The van der Waals surface area contributed by atoms with E-state index in [4.69, 9.17) is 14.0 Å². The fourth-order valence-electron chi connectivity index (χ4n) is 4.60. The van der Waals surface area contributed by atoms with Gasteiger partial charge in [0.15, 0.2) is 0 Å². The number of aliphatic hydroxyl groups excluding tert-OH is 1. The molecular formula is C27H41N3O5. The number of anilines is 1. The number of hydrogen-bond acceptors (Lipinski definition) is 8. The van der Waals surface area contributed by atoms with Gasteiger partial charge in [0.05, 0.1) is 5.56 Å². The van der Waals surface area contributed by atoms with Crippen molar-refractivity contribution >= 4 is 11.9 Å². The Morgan fingerprint density at radius 3 is 2.83 bits per heavy atom. The average Bonchev–Trinajstić information content (AvgIpc) is 3.27. The van der Waals surface area contributed by atoms with Gasteiger partial charge in [-0.3, -0.25) is 9.69 Å². The van der Waals surface area contributed by atoms with Crippen molar-refractivity contribution in [1.29, 1.82) is 0 Å². The first-order chi connectivity index (χ1) is 17.0. The minimum Gasteiger partial charge on any atom is -0.463 e. The summed E-state index contributed by atoms with van der Waals surface area (Å²) in [4.78, 5) is 16.3. The highest BCUT2D eigenvalue weighted by molar-refractivity contribution is 5.69. The molecule has 2 aromatic rings. The van der Waals surface area contributed by atoms with Crippen LogP contribution < -0.4 is 4.90 Å². The number of ether oxygens (including phenoxy) is 2. The molecule has 0 saturated carbocycles. The summed E-state index contributed by atoms with van der Waals surface area (Å²) < 4.78 is 16.5. The number of benzene rings is 1. The summed E-state index contributed by atoms with van der Waals surface area (Å²) in [5.74, 6) is 0.543. The maximum Gasteiger partial charge on any atom is 0.305 e. The molecule has 3 rings (SSSR count). The number of aromatic nitrogens is 1. The number of methoxy groups -OCH3 is 1. The lowest BCUT2D eigenvalue weighted by Gasteiger charge is -2.34. The number of carbonyl (C=O) groups is 1. The molecule has 0 unspecified atom stereocenters. The van der Waals surface area contributed by atoms with E-state index in [9.17, 15) is 9.90 Å². The molecule has 1 saturated heterocycles. The van der Waals surface area contributed by atoms with Crippen molar-refractivity contribution in [1.82, 2.24) is 10.1 Å². The van der Waals surface area contributed by atoms with Crippen molar-refractivity contribution in [2.45, 2.75) is 71.1 Å². The predicted octanol–water partition coefficient (Wildman–Crippen LogP) is 4.26. The molecule has 0 bridgehead atoms. The molecule has 1 aliphatic rings. The number of rotatable bonds is 14. The zero-order chi connectivity index (χ0) is 25.0. The van der Waals surface area contributed by atoms with Crippen molar-refractivity contribution in [3.8, 4) is 11.3 Å². The number of carbonyl (C=O) groups excluding carboxylic acids is 1. The Labute approximate surface area is 209 Å². The van der Waals surface area contributed by atoms with Gasteiger partial charge in [-0.15, -0.1) is 0 Å². The van der Waals surface area contributed by atoms with Gasteiger partial charge in [0, 0.05) is 57.9 Å². The first-order valence-corrected chi connectivity index (χ1v) is 12.9. The third kappa shape index (κ3) is 8.05. The van der Waals surface area contributed by atoms with Crippen molar-refractivity contribution in [3.05, 3.63) is 35.9 Å². The first-order valence-electron chi connectivity index (χ1n) is 12.9. The molecule has 1 aromatic heterocycles. The summed E-state index contributed by atoms with van der Waals surface area (Å²) in [5.41, 5.74) is 2.87. The first kappa shape index (κ1) is 27.2. The van der Waals surface area contributed by atoms with Gasteiger partial charge in [0.25, 0.3) is 0 Å². The minimum absolute atomic E-state index is 0.00912. The van der Waals surface area contributed by atoms with E-state index in [1.54, 1.807) is 7.11 Å². The zero-order valence-electron chi connectivity index (χ0n) is 21.4. The lowest BCUT2D eigenvalue weighted by atomic mass is 10.0. The molecule has 1 fully saturated rings. The lowest BCUT2D eigenvalue weighted by molar-refractivity contribution is -0.147. The van der Waals surface area contributed by atoms with E-state index in [1.165, 1.54) is 6.42 Å². The van der Waals surface area contributed by atoms with E-state index in [-0.39, 0.29) is 12.6 Å². The van der Waals surface area contributed by atoms with E-state index in [2.05, 4.69) is 21.9 Å². The zero-order valence-corrected chi connectivity index (χ0v) is 21.4. The Balaban J connectivity index is 1.83. The summed E-state index contributed by atoms with van der Waals surface area (Å²) in [5, 5.41) is 15.2. The van der Waals surface area contributed by atoms with Gasteiger partial charge in [0.2, 0.25) is 5.88 Å². The SMILES string of the molecule is CCCC(=O)OC[C@@H](O)CN(CCCOC)Cc1c(-c2ccccc2)noc1N1CCCC[C@H]1C. The lowest BCUT2D eigenvalue weighted by Crippen LogP contribution is -2.39. The molecule has 2 heterocycles. The van der Waals surface area contributed by atoms with Crippen LogP contribution in [-0.2, 0) is 20.8 Å². The van der Waals surface area contributed by atoms with Crippen molar-refractivity contribution in [2.24, 2.45) is 0 Å². The highest BCUT2D eigenvalue weighted by atomic mass is 16.5. The molecule has 8 heteroatoms. The molecule has 194 valence electrons. The summed E-state index contributed by atoms with van der Waals surface area (Å²) in [7, 11) is 1.69. The van der Waals surface area contributed by atoms with Crippen LogP contribution in [0.5, 0.6) is 0 Å². The van der Waals surface area contributed by atoms with Gasteiger partial charge in [-0.2, -0.15) is 0 Å². The minimum atomic E-state index is -0.782. The monoisotopic (exact) mass is 487 g/mol. The summed E-state index contributed by atoms with van der Waals surface area (Å²) in [6.45, 7) is 7.39. The van der Waals surface area contributed by atoms with Gasteiger partial charge < -0.3 is 24.0 Å². The average molecular weight is 488 g/mol. The number of esters is 1. The Morgan fingerprint density at radius 2 is 2.11 bits per heavy atom. The predicted molar refractivity (Wildman–Crippen MR) is 136 cm³/mol. The van der Waals surface area contributed by atoms with E-state index >= 15 is 0 Å². The third-order valence-corrected chi connectivity index (χ3v) is 6.44. The molecule has 0 radical (unpaired) electrons. The highest BCUT2D eigenvalue weighted by Gasteiger charge is 2.29. The molecular weight excluding hydrogens is 446 g/mol. The molecule has 0 amide bonds. The van der Waals surface area contributed by atoms with Crippen LogP contribution in [-0.4, -0.2) is 73.2 Å². The molecule has 8 nitrogen and oxygen atoms in total. The Kier molecular flexibility index (Phi) is 11.0. The van der Waals surface area contributed by atoms with Crippen LogP contribution in [0.2, 0.25) is 0 Å². The van der Waals surface area contributed by atoms with E-state index in [0.717, 1.165) is 61.5 Å². The molecule has 1 N–H and O–H groups in total. The van der Waals surface area contributed by atoms with Crippen LogP contribution in [0, 0.1) is 0 Å². The third-order valence-electron chi connectivity index (χ3n) is 6.44. The topological polar surface area (TPSA) is 88.3 Å². The highest BCUT2D eigenvalue weighted by Crippen LogP contribution is 2.35. The number of aliphatic hydroxyl groups is 1. The number of piperidine rings is 1. The quantitative estimate of drug-likeness (QED) is 0.312. The summed E-state index contributed by atoms with van der Waals surface area (Å²) in [6, 6.07) is 10.5. The van der Waals surface area contributed by atoms with E-state index < -0.39 is 6.10 Å². The van der Waals surface area contributed by atoms with Crippen LogP contribution in [0.3, 0.4) is 0 Å². The molecule has 35 heavy (non-hydrogen) atoms. The fraction of sp³-hybridized carbons (Fsp3) is 0.630. The second kappa shape index (κ2) is 14.2. The van der Waals surface area contributed by atoms with Crippen LogP contribution >= 0.6 is 0 Å². The van der Waals surface area contributed by atoms with Crippen molar-refractivity contribution in [2.75, 3.05) is 44.9 Å². The van der Waals surface area contributed by atoms with Crippen LogP contribution in [0.15, 0.2) is 34.9 Å². The summed E-state index contributed by atoms with van der Waals surface area (Å²) >= 11 is 0. The van der Waals surface area contributed by atoms with Gasteiger partial charge in [0.1, 0.15) is 18.4 Å². The van der Waals surface area contributed by atoms with Crippen molar-refractivity contribution < 1.29 is 23.9 Å². The standard InChI is InChI=1S/C27H41N3O5/c1-4-11-25(32)34-20-23(31)18-29(15-10-17-33-3)19-24-26(22-13-6-5-7-14-22)28-35-27(24)30-16-9-8-12-21(30)2/h5-7,13-14,21,23,31H,4,8-12,15-20H2,1-3H3/t21-,23+/m1/s1. The van der Waals surface area contributed by atoms with Crippen molar-refractivity contribution in [3.63, 3.8) is 0 Å². The second-order valence-electron chi connectivity index (χ2n) is 9.39. The smallest absolute Gasteiger partial charge is 0.305 e. The Morgan fingerprint density at radius 1 is 1.31 bits per heavy atom. The van der Waals surface area contributed by atoms with E-state index in [0.29, 0.717) is 32.2 Å². The van der Waals surface area contributed by atoms with Crippen LogP contribution in [0.4, 0.5) is 5.88 Å². The largest absolute Gasteiger partial charge is 0.463 e. The van der Waals surface area contributed by atoms with Crippen LogP contribution in [0.1, 0.15) is 57.9 Å². The fourth-order valence-corrected chi connectivity index (χ4v) is 4.60. The summed E-state index contributed by atoms with van der Waals surface area (Å²) in [6.07, 6.45) is 4.61. The number of nitrogens with zero attached hydrogens (tertiary/aromatic N) is 3. The van der Waals surface area contributed by atoms with Gasteiger partial charge in [-0.1, -0.05) is 42.4 Å². The van der Waals surface area contributed by atoms with Gasteiger partial charge in [-0.05, 0) is 39.0 Å². The molecule has 1 aromatic carbocycles. The molecule has 0 aliphatic carbocycles. The maximum atomic E-state index is 11.8. The molecule has 2 atom stereocenters. The second-order valence-corrected chi connectivity index (χ2v) is 9.39. The molecule has 1 aliphatic heterocycles. The van der Waals surface area contributed by atoms with Crippen LogP contribution in [0.25, 0.3) is 11.3 Å². The maximum absolute atomic E-state index is 11.8. The van der Waals surface area contributed by atoms with Gasteiger partial charge >= 0.3 is 5.97 Å². The Bertz CT molecular complexity index is 888. The Hall–Kier alpha value is -2.42. The normalized spacial score (nSPS) is 17.1. The number of hydrogen-bond donors (Lipinski definition) is 1. The van der Waals surface area contributed by atoms with E-state index in [1.807, 2.05) is 37.3 Å².